The van der Waals surface area contributed by atoms with Crippen LogP contribution in [0.2, 0.25) is 0 Å². The lowest BCUT2D eigenvalue weighted by atomic mass is 10.0. The number of carboxylic acid groups (broad SMARTS) is 1. The molecule has 1 saturated carbocycles. The lowest BCUT2D eigenvalue weighted by Gasteiger charge is -2.11. The zero-order valence-electron chi connectivity index (χ0n) is 12.1. The van der Waals surface area contributed by atoms with Crippen molar-refractivity contribution >= 4 is 17.7 Å². The number of carbonyl (C=O) groups is 2. The highest BCUT2D eigenvalue weighted by atomic mass is 16.4. The van der Waals surface area contributed by atoms with Gasteiger partial charge >= 0.3 is 12.0 Å². The Kier molecular flexibility index (Phi) is 5.60. The maximum Gasteiger partial charge on any atom is 0.319 e. The number of benzene rings is 1. The molecular formula is C16H22N2O3. The highest BCUT2D eigenvalue weighted by Gasteiger charge is 2.14. The van der Waals surface area contributed by atoms with Crippen molar-refractivity contribution in [1.29, 1.82) is 0 Å². The third kappa shape index (κ3) is 5.45. The molecule has 5 nitrogen and oxygen atoms in total. The fraction of sp³-hybridized carbons (Fsp3) is 0.500. The summed E-state index contributed by atoms with van der Waals surface area (Å²) in [6.45, 7) is 0.702. The number of nitrogens with one attached hydrogen (secondary N) is 2. The minimum atomic E-state index is -0.861. The van der Waals surface area contributed by atoms with E-state index in [2.05, 4.69) is 10.6 Å². The number of aliphatic carboxylic acids is 1. The van der Waals surface area contributed by atoms with Gasteiger partial charge in [-0.3, -0.25) is 4.79 Å². The SMILES string of the molecule is O=C(O)Cc1ccc(NC(=O)NCCC2CCCC2)cc1. The average molecular weight is 290 g/mol. The van der Waals surface area contributed by atoms with Crippen LogP contribution in [0.25, 0.3) is 0 Å². The van der Waals surface area contributed by atoms with E-state index in [0.717, 1.165) is 17.9 Å². The Labute approximate surface area is 124 Å². The first-order chi connectivity index (χ1) is 10.1. The van der Waals surface area contributed by atoms with Crippen molar-refractivity contribution in [3.63, 3.8) is 0 Å². The molecule has 0 unspecified atom stereocenters. The Morgan fingerprint density at radius 3 is 2.43 bits per heavy atom. The van der Waals surface area contributed by atoms with Gasteiger partial charge < -0.3 is 15.7 Å². The Morgan fingerprint density at radius 2 is 1.81 bits per heavy atom. The van der Waals surface area contributed by atoms with Crippen LogP contribution in [0.3, 0.4) is 0 Å². The Hall–Kier alpha value is -2.04. The van der Waals surface area contributed by atoms with E-state index in [1.807, 2.05) is 0 Å². The highest BCUT2D eigenvalue weighted by Crippen LogP contribution is 2.26. The van der Waals surface area contributed by atoms with E-state index < -0.39 is 5.97 Å². The summed E-state index contributed by atoms with van der Waals surface area (Å²) in [7, 11) is 0. The van der Waals surface area contributed by atoms with E-state index in [9.17, 15) is 9.59 Å². The minimum absolute atomic E-state index is 0.00609. The lowest BCUT2D eigenvalue weighted by molar-refractivity contribution is -0.136. The summed E-state index contributed by atoms with van der Waals surface area (Å²) < 4.78 is 0. The van der Waals surface area contributed by atoms with Gasteiger partial charge in [-0.25, -0.2) is 4.79 Å². The topological polar surface area (TPSA) is 78.4 Å². The Bertz CT molecular complexity index is 479. The maximum atomic E-state index is 11.7. The fourth-order valence-electron chi connectivity index (χ4n) is 2.74. The third-order valence-electron chi connectivity index (χ3n) is 3.88. The lowest BCUT2D eigenvalue weighted by Crippen LogP contribution is -2.30. The molecule has 1 aliphatic carbocycles. The molecule has 0 aliphatic heterocycles. The molecule has 1 aromatic carbocycles. The first-order valence-electron chi connectivity index (χ1n) is 7.49. The highest BCUT2D eigenvalue weighted by molar-refractivity contribution is 5.89. The molecule has 2 rings (SSSR count). The predicted molar refractivity (Wildman–Crippen MR) is 81.4 cm³/mol. The number of rotatable bonds is 6. The molecule has 1 aliphatic rings. The summed E-state index contributed by atoms with van der Waals surface area (Å²) >= 11 is 0. The summed E-state index contributed by atoms with van der Waals surface area (Å²) in [5.41, 5.74) is 1.39. The molecular weight excluding hydrogens is 268 g/mol. The molecule has 114 valence electrons. The number of carbonyl (C=O) groups excluding carboxylic acids is 1. The van der Waals surface area contributed by atoms with E-state index in [1.165, 1.54) is 25.7 Å². The molecule has 1 fully saturated rings. The van der Waals surface area contributed by atoms with Crippen LogP contribution in [0.15, 0.2) is 24.3 Å². The molecule has 3 N–H and O–H groups in total. The van der Waals surface area contributed by atoms with E-state index in [-0.39, 0.29) is 12.5 Å². The first-order valence-corrected chi connectivity index (χ1v) is 7.49. The van der Waals surface area contributed by atoms with Gasteiger partial charge in [-0.2, -0.15) is 0 Å². The van der Waals surface area contributed by atoms with Crippen molar-refractivity contribution in [2.75, 3.05) is 11.9 Å². The first kappa shape index (κ1) is 15.4. The Balaban J connectivity index is 1.70. The van der Waals surface area contributed by atoms with E-state index in [1.54, 1.807) is 24.3 Å². The molecule has 5 heteroatoms. The smallest absolute Gasteiger partial charge is 0.319 e. The van der Waals surface area contributed by atoms with Gasteiger partial charge in [0.2, 0.25) is 0 Å². The molecule has 21 heavy (non-hydrogen) atoms. The molecule has 0 saturated heterocycles. The van der Waals surface area contributed by atoms with Crippen LogP contribution in [-0.4, -0.2) is 23.7 Å². The quantitative estimate of drug-likeness (QED) is 0.753. The van der Waals surface area contributed by atoms with E-state index in [0.29, 0.717) is 12.2 Å². The third-order valence-corrected chi connectivity index (χ3v) is 3.88. The Morgan fingerprint density at radius 1 is 1.14 bits per heavy atom. The van der Waals surface area contributed by atoms with Crippen LogP contribution >= 0.6 is 0 Å². The van der Waals surface area contributed by atoms with Gasteiger partial charge in [-0.15, -0.1) is 0 Å². The fourth-order valence-corrected chi connectivity index (χ4v) is 2.74. The minimum Gasteiger partial charge on any atom is -0.481 e. The van der Waals surface area contributed by atoms with Crippen LogP contribution in [-0.2, 0) is 11.2 Å². The van der Waals surface area contributed by atoms with Gasteiger partial charge in [0.15, 0.2) is 0 Å². The number of carboxylic acids is 1. The van der Waals surface area contributed by atoms with Crippen LogP contribution in [0.5, 0.6) is 0 Å². The average Bonchev–Trinajstić information content (AvgIpc) is 2.93. The van der Waals surface area contributed by atoms with Gasteiger partial charge in [-0.05, 0) is 30.0 Å². The summed E-state index contributed by atoms with van der Waals surface area (Å²) in [6, 6.07) is 6.65. The van der Waals surface area contributed by atoms with Crippen molar-refractivity contribution in [3.8, 4) is 0 Å². The van der Waals surface area contributed by atoms with Gasteiger partial charge in [0.1, 0.15) is 0 Å². The number of hydrogen-bond acceptors (Lipinski definition) is 2. The number of anilines is 1. The largest absolute Gasteiger partial charge is 0.481 e. The normalized spacial score (nSPS) is 14.9. The van der Waals surface area contributed by atoms with E-state index >= 15 is 0 Å². The number of hydrogen-bond donors (Lipinski definition) is 3. The summed E-state index contributed by atoms with van der Waals surface area (Å²) in [6.07, 6.45) is 6.25. The van der Waals surface area contributed by atoms with Crippen LogP contribution in [0.4, 0.5) is 10.5 Å². The van der Waals surface area contributed by atoms with Crippen molar-refractivity contribution in [1.82, 2.24) is 5.32 Å². The standard InChI is InChI=1S/C16H22N2O3/c19-15(20)11-13-5-7-14(8-6-13)18-16(21)17-10-9-12-3-1-2-4-12/h5-8,12H,1-4,9-11H2,(H,19,20)(H2,17,18,21). The van der Waals surface area contributed by atoms with Gasteiger partial charge in [-0.1, -0.05) is 37.8 Å². The molecule has 0 heterocycles. The van der Waals surface area contributed by atoms with Crippen molar-refractivity contribution < 1.29 is 14.7 Å². The van der Waals surface area contributed by atoms with Crippen LogP contribution in [0, 0.1) is 5.92 Å². The number of urea groups is 1. The molecule has 1 aromatic rings. The zero-order chi connectivity index (χ0) is 15.1. The second kappa shape index (κ2) is 7.67. The number of amides is 2. The molecule has 0 radical (unpaired) electrons. The van der Waals surface area contributed by atoms with Crippen molar-refractivity contribution in [3.05, 3.63) is 29.8 Å². The maximum absolute atomic E-state index is 11.7. The summed E-state index contributed by atoms with van der Waals surface area (Å²) in [5.74, 6) is -0.0963. The summed E-state index contributed by atoms with van der Waals surface area (Å²) in [4.78, 5) is 22.3. The molecule has 0 atom stereocenters. The van der Waals surface area contributed by atoms with Crippen LogP contribution < -0.4 is 10.6 Å². The predicted octanol–water partition coefficient (Wildman–Crippen LogP) is 3.02. The molecule has 2 amide bonds. The molecule has 0 spiro atoms. The second-order valence-corrected chi connectivity index (χ2v) is 5.59. The van der Waals surface area contributed by atoms with E-state index in [4.69, 9.17) is 5.11 Å². The molecule has 0 aromatic heterocycles. The summed E-state index contributed by atoms with van der Waals surface area (Å²) in [5, 5.41) is 14.3. The second-order valence-electron chi connectivity index (χ2n) is 5.59. The van der Waals surface area contributed by atoms with Gasteiger partial charge in [0.05, 0.1) is 6.42 Å². The monoisotopic (exact) mass is 290 g/mol. The molecule has 0 bridgehead atoms. The van der Waals surface area contributed by atoms with Crippen molar-refractivity contribution in [2.45, 2.75) is 38.5 Å². The zero-order valence-corrected chi connectivity index (χ0v) is 12.1. The van der Waals surface area contributed by atoms with Crippen LogP contribution in [0.1, 0.15) is 37.7 Å². The van der Waals surface area contributed by atoms with Crippen molar-refractivity contribution in [2.24, 2.45) is 5.92 Å². The van der Waals surface area contributed by atoms with Gasteiger partial charge in [0, 0.05) is 12.2 Å². The van der Waals surface area contributed by atoms with Gasteiger partial charge in [0.25, 0.3) is 0 Å².